The Bertz CT molecular complexity index is 407. The van der Waals surface area contributed by atoms with Crippen LogP contribution >= 0.6 is 15.9 Å². The molecule has 1 aromatic rings. The highest BCUT2D eigenvalue weighted by Crippen LogP contribution is 2.22. The summed E-state index contributed by atoms with van der Waals surface area (Å²) in [5.74, 6) is 0. The van der Waals surface area contributed by atoms with Crippen LogP contribution in [0.5, 0.6) is 0 Å². The summed E-state index contributed by atoms with van der Waals surface area (Å²) in [7, 11) is 0. The third kappa shape index (κ3) is 3.43. The highest BCUT2D eigenvalue weighted by molar-refractivity contribution is 9.10. The summed E-state index contributed by atoms with van der Waals surface area (Å²) in [4.78, 5) is 10.4. The number of hydrogen-bond acceptors (Lipinski definition) is 3. The molecule has 0 saturated heterocycles. The molecule has 0 aliphatic heterocycles. The van der Waals surface area contributed by atoms with Crippen molar-refractivity contribution in [2.24, 2.45) is 0 Å². The highest BCUT2D eigenvalue weighted by atomic mass is 79.9. The first-order chi connectivity index (χ1) is 7.54. The standard InChI is InChI=1S/C11H13BrN2O2/c1-3-8(2)13-7-9-6-10(12)4-5-11(9)14(15)16/h3-6,8,13H,1,7H2,2H3. The van der Waals surface area contributed by atoms with Gasteiger partial charge < -0.3 is 5.32 Å². The van der Waals surface area contributed by atoms with Gasteiger partial charge in [-0.05, 0) is 19.1 Å². The van der Waals surface area contributed by atoms with Crippen molar-refractivity contribution in [1.29, 1.82) is 0 Å². The average molecular weight is 285 g/mol. The van der Waals surface area contributed by atoms with Crippen LogP contribution in [0, 0.1) is 10.1 Å². The van der Waals surface area contributed by atoms with Gasteiger partial charge in [0.05, 0.1) is 4.92 Å². The second-order valence-electron chi connectivity index (χ2n) is 3.44. The fourth-order valence-electron chi connectivity index (χ4n) is 1.23. The van der Waals surface area contributed by atoms with Gasteiger partial charge in [0.2, 0.25) is 0 Å². The number of nitrogens with one attached hydrogen (secondary N) is 1. The van der Waals surface area contributed by atoms with Gasteiger partial charge in [0.1, 0.15) is 0 Å². The minimum atomic E-state index is -0.373. The van der Waals surface area contributed by atoms with E-state index in [1.807, 2.05) is 6.92 Å². The molecular weight excluding hydrogens is 272 g/mol. The first-order valence-corrected chi connectivity index (χ1v) is 5.62. The van der Waals surface area contributed by atoms with Gasteiger partial charge in [-0.15, -0.1) is 6.58 Å². The Kier molecular flexibility index (Phi) is 4.64. The number of nitrogens with zero attached hydrogens (tertiary/aromatic N) is 1. The SMILES string of the molecule is C=CC(C)NCc1cc(Br)ccc1[N+](=O)[O-]. The molecule has 1 atom stereocenters. The van der Waals surface area contributed by atoms with Crippen molar-refractivity contribution in [3.8, 4) is 0 Å². The van der Waals surface area contributed by atoms with E-state index in [0.29, 0.717) is 12.1 Å². The zero-order chi connectivity index (χ0) is 12.1. The van der Waals surface area contributed by atoms with Crippen LogP contribution < -0.4 is 5.32 Å². The number of nitro benzene ring substituents is 1. The summed E-state index contributed by atoms with van der Waals surface area (Å²) in [6.07, 6.45) is 1.75. The van der Waals surface area contributed by atoms with Crippen LogP contribution in [0.25, 0.3) is 0 Å². The van der Waals surface area contributed by atoms with E-state index in [1.165, 1.54) is 6.07 Å². The van der Waals surface area contributed by atoms with Gasteiger partial charge in [-0.2, -0.15) is 0 Å². The third-order valence-electron chi connectivity index (χ3n) is 2.21. The highest BCUT2D eigenvalue weighted by Gasteiger charge is 2.13. The Hall–Kier alpha value is -1.20. The van der Waals surface area contributed by atoms with Gasteiger partial charge in [0.15, 0.2) is 0 Å². The van der Waals surface area contributed by atoms with Gasteiger partial charge in [0.25, 0.3) is 5.69 Å². The fraction of sp³-hybridized carbons (Fsp3) is 0.273. The maximum atomic E-state index is 10.8. The Morgan fingerprint density at radius 1 is 1.69 bits per heavy atom. The molecule has 1 aromatic carbocycles. The maximum Gasteiger partial charge on any atom is 0.273 e. The van der Waals surface area contributed by atoms with Gasteiger partial charge >= 0.3 is 0 Å². The van der Waals surface area contributed by atoms with E-state index in [2.05, 4.69) is 27.8 Å². The number of hydrogen-bond donors (Lipinski definition) is 1. The summed E-state index contributed by atoms with van der Waals surface area (Å²) in [6, 6.07) is 5.04. The van der Waals surface area contributed by atoms with E-state index in [4.69, 9.17) is 0 Å². The summed E-state index contributed by atoms with van der Waals surface area (Å²) < 4.78 is 0.834. The second kappa shape index (κ2) is 5.77. The minimum Gasteiger partial charge on any atom is -0.306 e. The van der Waals surface area contributed by atoms with Crippen LogP contribution in [-0.4, -0.2) is 11.0 Å². The topological polar surface area (TPSA) is 55.2 Å². The zero-order valence-electron chi connectivity index (χ0n) is 8.94. The van der Waals surface area contributed by atoms with Crippen molar-refractivity contribution in [2.45, 2.75) is 19.5 Å². The van der Waals surface area contributed by atoms with Crippen molar-refractivity contribution in [3.63, 3.8) is 0 Å². The summed E-state index contributed by atoms with van der Waals surface area (Å²) >= 11 is 3.30. The van der Waals surface area contributed by atoms with E-state index >= 15 is 0 Å². The molecule has 0 aromatic heterocycles. The largest absolute Gasteiger partial charge is 0.306 e. The molecule has 1 unspecified atom stereocenters. The molecule has 0 heterocycles. The lowest BCUT2D eigenvalue weighted by molar-refractivity contribution is -0.385. The van der Waals surface area contributed by atoms with Crippen LogP contribution in [0.3, 0.4) is 0 Å². The van der Waals surface area contributed by atoms with Crippen molar-refractivity contribution < 1.29 is 4.92 Å². The first kappa shape index (κ1) is 12.9. The van der Waals surface area contributed by atoms with Crippen molar-refractivity contribution in [2.75, 3.05) is 0 Å². The molecule has 4 nitrogen and oxygen atoms in total. The molecule has 0 spiro atoms. The summed E-state index contributed by atoms with van der Waals surface area (Å²) in [6.45, 7) is 6.03. The monoisotopic (exact) mass is 284 g/mol. The Labute approximate surface area is 103 Å². The van der Waals surface area contributed by atoms with E-state index < -0.39 is 0 Å². The van der Waals surface area contributed by atoms with E-state index in [0.717, 1.165) is 4.47 Å². The Morgan fingerprint density at radius 2 is 2.38 bits per heavy atom. The predicted molar refractivity (Wildman–Crippen MR) is 67.3 cm³/mol. The lowest BCUT2D eigenvalue weighted by Gasteiger charge is -2.09. The van der Waals surface area contributed by atoms with Crippen molar-refractivity contribution >= 4 is 21.6 Å². The second-order valence-corrected chi connectivity index (χ2v) is 4.35. The normalized spacial score (nSPS) is 12.1. The molecule has 0 aliphatic rings. The Balaban J connectivity index is 2.88. The van der Waals surface area contributed by atoms with Crippen LogP contribution in [-0.2, 0) is 6.54 Å². The summed E-state index contributed by atoms with van der Waals surface area (Å²) in [5.41, 5.74) is 0.792. The number of benzene rings is 1. The lowest BCUT2D eigenvalue weighted by atomic mass is 10.1. The van der Waals surface area contributed by atoms with Crippen LogP contribution in [0.4, 0.5) is 5.69 Å². The quantitative estimate of drug-likeness (QED) is 0.514. The average Bonchev–Trinajstić information content (AvgIpc) is 2.25. The minimum absolute atomic E-state index is 0.124. The van der Waals surface area contributed by atoms with Crippen molar-refractivity contribution in [3.05, 3.63) is 51.0 Å². The van der Waals surface area contributed by atoms with Gasteiger partial charge in [-0.1, -0.05) is 22.0 Å². The molecule has 0 saturated carbocycles. The molecule has 16 heavy (non-hydrogen) atoms. The number of nitro groups is 1. The van der Waals surface area contributed by atoms with Crippen LogP contribution in [0.2, 0.25) is 0 Å². The molecule has 0 radical (unpaired) electrons. The molecule has 1 N–H and O–H groups in total. The molecule has 0 aliphatic carbocycles. The smallest absolute Gasteiger partial charge is 0.273 e. The first-order valence-electron chi connectivity index (χ1n) is 4.83. The zero-order valence-corrected chi connectivity index (χ0v) is 10.5. The molecule has 0 bridgehead atoms. The number of rotatable bonds is 5. The van der Waals surface area contributed by atoms with E-state index in [9.17, 15) is 10.1 Å². The van der Waals surface area contributed by atoms with E-state index in [1.54, 1.807) is 18.2 Å². The molecule has 86 valence electrons. The maximum absolute atomic E-state index is 10.8. The number of halogens is 1. The molecular formula is C11H13BrN2O2. The molecule has 0 amide bonds. The fourth-order valence-corrected chi connectivity index (χ4v) is 1.64. The van der Waals surface area contributed by atoms with E-state index in [-0.39, 0.29) is 16.7 Å². The lowest BCUT2D eigenvalue weighted by Crippen LogP contribution is -2.23. The molecule has 0 fully saturated rings. The molecule has 5 heteroatoms. The van der Waals surface area contributed by atoms with Gasteiger partial charge in [-0.25, -0.2) is 0 Å². The van der Waals surface area contributed by atoms with Gasteiger partial charge in [0, 0.05) is 28.7 Å². The van der Waals surface area contributed by atoms with Crippen molar-refractivity contribution in [1.82, 2.24) is 5.32 Å². The predicted octanol–water partition coefficient (Wildman–Crippen LogP) is 3.02. The third-order valence-corrected chi connectivity index (χ3v) is 2.70. The summed E-state index contributed by atoms with van der Waals surface area (Å²) in [5, 5.41) is 13.9. The van der Waals surface area contributed by atoms with Crippen LogP contribution in [0.1, 0.15) is 12.5 Å². The van der Waals surface area contributed by atoms with Crippen LogP contribution in [0.15, 0.2) is 35.3 Å². The Morgan fingerprint density at radius 3 is 2.94 bits per heavy atom. The van der Waals surface area contributed by atoms with Gasteiger partial charge in [-0.3, -0.25) is 10.1 Å². The molecule has 1 rings (SSSR count).